The number of benzene rings is 2. The third kappa shape index (κ3) is 4.01. The number of nitrogens with zero attached hydrogens (tertiary/aromatic N) is 1. The van der Waals surface area contributed by atoms with E-state index in [9.17, 15) is 4.79 Å². The summed E-state index contributed by atoms with van der Waals surface area (Å²) in [4.78, 5) is 14.4. The van der Waals surface area contributed by atoms with Crippen LogP contribution >= 0.6 is 11.6 Å². The summed E-state index contributed by atoms with van der Waals surface area (Å²) in [5, 5.41) is 4.18. The highest BCUT2D eigenvalue weighted by molar-refractivity contribution is 6.30. The van der Waals surface area contributed by atoms with Gasteiger partial charge < -0.3 is 15.0 Å². The molecule has 2 aromatic carbocycles. The molecule has 1 fully saturated rings. The van der Waals surface area contributed by atoms with Crippen LogP contribution in [0.15, 0.2) is 48.5 Å². The van der Waals surface area contributed by atoms with E-state index in [-0.39, 0.29) is 5.91 Å². The molecule has 4 nitrogen and oxygen atoms in total. The fourth-order valence-electron chi connectivity index (χ4n) is 2.92. The van der Waals surface area contributed by atoms with E-state index in [0.29, 0.717) is 16.6 Å². The summed E-state index contributed by atoms with van der Waals surface area (Å²) in [6.45, 7) is 1.52. The van der Waals surface area contributed by atoms with Crippen LogP contribution in [0, 0.1) is 0 Å². The minimum absolute atomic E-state index is 0.0783. The molecule has 0 saturated carbocycles. The summed E-state index contributed by atoms with van der Waals surface area (Å²) < 4.78 is 5.17. The zero-order valence-electron chi connectivity index (χ0n) is 13.7. The smallest absolute Gasteiger partial charge is 0.253 e. The van der Waals surface area contributed by atoms with Crippen molar-refractivity contribution in [2.24, 2.45) is 0 Å². The third-order valence-electron chi connectivity index (χ3n) is 4.33. The molecule has 126 valence electrons. The number of likely N-dealkylation sites (tertiary alicyclic amines) is 1. The first-order valence-electron chi connectivity index (χ1n) is 8.11. The number of hydrogen-bond acceptors (Lipinski definition) is 3. The number of halogens is 1. The summed E-state index contributed by atoms with van der Waals surface area (Å²) >= 11 is 5.88. The van der Waals surface area contributed by atoms with E-state index in [1.165, 1.54) is 0 Å². The number of hydrogen-bond donors (Lipinski definition) is 1. The van der Waals surface area contributed by atoms with E-state index in [4.69, 9.17) is 16.3 Å². The van der Waals surface area contributed by atoms with Gasteiger partial charge in [-0.1, -0.05) is 11.6 Å². The Morgan fingerprint density at radius 3 is 2.29 bits per heavy atom. The lowest BCUT2D eigenvalue weighted by atomic mass is 10.0. The van der Waals surface area contributed by atoms with Crippen LogP contribution < -0.4 is 10.1 Å². The Hall–Kier alpha value is -2.20. The number of piperidine rings is 1. The van der Waals surface area contributed by atoms with Crippen LogP contribution in [0.25, 0.3) is 0 Å². The highest BCUT2D eigenvalue weighted by atomic mass is 35.5. The minimum Gasteiger partial charge on any atom is -0.497 e. The van der Waals surface area contributed by atoms with Crippen molar-refractivity contribution < 1.29 is 9.53 Å². The molecule has 0 aliphatic carbocycles. The molecule has 0 bridgehead atoms. The number of anilines is 1. The lowest BCUT2D eigenvalue weighted by Crippen LogP contribution is -2.42. The van der Waals surface area contributed by atoms with Gasteiger partial charge in [-0.05, 0) is 61.4 Å². The van der Waals surface area contributed by atoms with Crippen LogP contribution in [0.5, 0.6) is 5.75 Å². The van der Waals surface area contributed by atoms with Gasteiger partial charge in [-0.2, -0.15) is 0 Å². The van der Waals surface area contributed by atoms with Crippen molar-refractivity contribution in [2.75, 3.05) is 25.5 Å². The fraction of sp³-hybridized carbons (Fsp3) is 0.316. The first-order chi connectivity index (χ1) is 11.7. The molecule has 3 rings (SSSR count). The van der Waals surface area contributed by atoms with Crippen LogP contribution in [0.4, 0.5) is 5.69 Å². The van der Waals surface area contributed by atoms with E-state index in [1.54, 1.807) is 31.4 Å². The Morgan fingerprint density at radius 2 is 1.71 bits per heavy atom. The first kappa shape index (κ1) is 16.7. The molecule has 5 heteroatoms. The van der Waals surface area contributed by atoms with Gasteiger partial charge in [0.25, 0.3) is 5.91 Å². The highest BCUT2D eigenvalue weighted by Gasteiger charge is 2.23. The zero-order valence-corrected chi connectivity index (χ0v) is 14.4. The molecule has 0 atom stereocenters. The van der Waals surface area contributed by atoms with Crippen LogP contribution in [0.1, 0.15) is 23.2 Å². The molecular weight excluding hydrogens is 324 g/mol. The Morgan fingerprint density at radius 1 is 1.08 bits per heavy atom. The number of carbonyl (C=O) groups is 1. The van der Waals surface area contributed by atoms with E-state index < -0.39 is 0 Å². The van der Waals surface area contributed by atoms with Crippen LogP contribution in [-0.4, -0.2) is 37.0 Å². The topological polar surface area (TPSA) is 41.6 Å². The average Bonchev–Trinajstić information content (AvgIpc) is 2.63. The molecule has 0 radical (unpaired) electrons. The summed E-state index contributed by atoms with van der Waals surface area (Å²) in [6.07, 6.45) is 1.87. The van der Waals surface area contributed by atoms with Gasteiger partial charge in [-0.15, -0.1) is 0 Å². The van der Waals surface area contributed by atoms with Gasteiger partial charge in [-0.3, -0.25) is 4.79 Å². The van der Waals surface area contributed by atoms with Crippen LogP contribution in [-0.2, 0) is 0 Å². The molecule has 1 amide bonds. The van der Waals surface area contributed by atoms with Gasteiger partial charge in [0.05, 0.1) is 7.11 Å². The molecule has 2 aromatic rings. The number of nitrogens with one attached hydrogen (secondary N) is 1. The molecule has 0 aromatic heterocycles. The fourth-order valence-corrected chi connectivity index (χ4v) is 3.05. The Balaban J connectivity index is 1.53. The molecule has 0 unspecified atom stereocenters. The van der Waals surface area contributed by atoms with Gasteiger partial charge in [0.2, 0.25) is 0 Å². The molecular formula is C19H21ClN2O2. The van der Waals surface area contributed by atoms with Crippen molar-refractivity contribution in [3.8, 4) is 5.75 Å². The molecule has 1 heterocycles. The zero-order chi connectivity index (χ0) is 16.9. The highest BCUT2D eigenvalue weighted by Crippen LogP contribution is 2.21. The number of methoxy groups -OCH3 is 1. The van der Waals surface area contributed by atoms with E-state index >= 15 is 0 Å². The molecule has 1 aliphatic rings. The van der Waals surface area contributed by atoms with Gasteiger partial charge in [-0.25, -0.2) is 0 Å². The SMILES string of the molecule is COc1ccc(NC2CCN(C(=O)c3ccc(Cl)cc3)CC2)cc1. The van der Waals surface area contributed by atoms with E-state index in [0.717, 1.165) is 37.4 Å². The van der Waals surface area contributed by atoms with Gasteiger partial charge in [0.15, 0.2) is 0 Å². The molecule has 24 heavy (non-hydrogen) atoms. The third-order valence-corrected chi connectivity index (χ3v) is 4.59. The Kier molecular flexibility index (Phi) is 5.26. The maximum Gasteiger partial charge on any atom is 0.253 e. The van der Waals surface area contributed by atoms with Crippen molar-refractivity contribution in [1.29, 1.82) is 0 Å². The van der Waals surface area contributed by atoms with Crippen molar-refractivity contribution in [3.05, 3.63) is 59.1 Å². The number of rotatable bonds is 4. The maximum absolute atomic E-state index is 12.5. The van der Waals surface area contributed by atoms with Crippen LogP contribution in [0.2, 0.25) is 5.02 Å². The molecule has 1 aliphatic heterocycles. The lowest BCUT2D eigenvalue weighted by molar-refractivity contribution is 0.0718. The number of carbonyl (C=O) groups excluding carboxylic acids is 1. The van der Waals surface area contributed by atoms with Gasteiger partial charge in [0, 0.05) is 35.4 Å². The van der Waals surface area contributed by atoms with E-state index in [2.05, 4.69) is 5.32 Å². The van der Waals surface area contributed by atoms with Crippen LogP contribution in [0.3, 0.4) is 0 Å². The summed E-state index contributed by atoms with van der Waals surface area (Å²) in [5.74, 6) is 0.929. The van der Waals surface area contributed by atoms with Crippen molar-refractivity contribution in [3.63, 3.8) is 0 Å². The lowest BCUT2D eigenvalue weighted by Gasteiger charge is -2.33. The summed E-state index contributed by atoms with van der Waals surface area (Å²) in [7, 11) is 1.66. The van der Waals surface area contributed by atoms with Gasteiger partial charge >= 0.3 is 0 Å². The monoisotopic (exact) mass is 344 g/mol. The normalized spacial score (nSPS) is 15.2. The largest absolute Gasteiger partial charge is 0.497 e. The van der Waals surface area contributed by atoms with Crippen molar-refractivity contribution in [2.45, 2.75) is 18.9 Å². The predicted octanol–water partition coefficient (Wildman–Crippen LogP) is 4.07. The summed E-state index contributed by atoms with van der Waals surface area (Å²) in [5.41, 5.74) is 1.78. The van der Waals surface area contributed by atoms with Crippen molar-refractivity contribution >= 4 is 23.2 Å². The van der Waals surface area contributed by atoms with E-state index in [1.807, 2.05) is 29.2 Å². The Labute approximate surface area is 147 Å². The molecule has 0 spiro atoms. The molecule has 1 saturated heterocycles. The van der Waals surface area contributed by atoms with Gasteiger partial charge in [0.1, 0.15) is 5.75 Å². The first-order valence-corrected chi connectivity index (χ1v) is 8.49. The minimum atomic E-state index is 0.0783. The Bertz CT molecular complexity index is 678. The average molecular weight is 345 g/mol. The van der Waals surface area contributed by atoms with Crippen molar-refractivity contribution in [1.82, 2.24) is 4.90 Å². The second-order valence-corrected chi connectivity index (χ2v) is 6.38. The summed E-state index contributed by atoms with van der Waals surface area (Å²) in [6, 6.07) is 15.4. The predicted molar refractivity (Wildman–Crippen MR) is 97.0 cm³/mol. The second-order valence-electron chi connectivity index (χ2n) is 5.95. The number of ether oxygens (including phenoxy) is 1. The quantitative estimate of drug-likeness (QED) is 0.909. The molecule has 1 N–H and O–H groups in total. The maximum atomic E-state index is 12.5. The number of amides is 1. The second kappa shape index (κ2) is 7.58. The standard InChI is InChI=1S/C19H21ClN2O2/c1-24-18-8-6-16(7-9-18)21-17-10-12-22(13-11-17)19(23)14-2-4-15(20)5-3-14/h2-9,17,21H,10-13H2,1H3.